The van der Waals surface area contributed by atoms with E-state index < -0.39 is 15.8 Å². The van der Waals surface area contributed by atoms with Crippen molar-refractivity contribution in [1.82, 2.24) is 5.32 Å². The Kier molecular flexibility index (Phi) is 6.22. The van der Waals surface area contributed by atoms with Gasteiger partial charge in [0.25, 0.3) is 0 Å². The van der Waals surface area contributed by atoms with Gasteiger partial charge in [-0.2, -0.15) is 0 Å². The van der Waals surface area contributed by atoms with Gasteiger partial charge in [-0.1, -0.05) is 13.8 Å². The van der Waals surface area contributed by atoms with Gasteiger partial charge in [-0.25, -0.2) is 12.8 Å². The second kappa shape index (κ2) is 7.21. The van der Waals surface area contributed by atoms with Gasteiger partial charge >= 0.3 is 0 Å². The zero-order valence-electron chi connectivity index (χ0n) is 10.9. The van der Waals surface area contributed by atoms with Crippen molar-refractivity contribution in [3.8, 4) is 0 Å². The van der Waals surface area contributed by atoms with Crippen LogP contribution in [0.4, 0.5) is 10.1 Å². The van der Waals surface area contributed by atoms with Crippen molar-refractivity contribution in [3.63, 3.8) is 0 Å². The Bertz CT molecular complexity index is 520. The maximum atomic E-state index is 13.0. The normalized spacial score (nSPS) is 11.8. The Morgan fingerprint density at radius 2 is 2.05 bits per heavy atom. The lowest BCUT2D eigenvalue weighted by Crippen LogP contribution is -2.26. The van der Waals surface area contributed by atoms with Gasteiger partial charge < -0.3 is 5.32 Å². The van der Waals surface area contributed by atoms with Crippen LogP contribution in [-0.2, 0) is 10.0 Å². The van der Waals surface area contributed by atoms with E-state index in [1.54, 1.807) is 0 Å². The summed E-state index contributed by atoms with van der Waals surface area (Å²) in [5, 5.41) is 3.15. The van der Waals surface area contributed by atoms with E-state index >= 15 is 0 Å². The molecule has 2 N–H and O–H groups in total. The largest absolute Gasteiger partial charge is 0.314 e. The Balaban J connectivity index is 2.52. The van der Waals surface area contributed by atoms with Crippen LogP contribution in [0.2, 0.25) is 0 Å². The molecular formula is C12H18BrFN2O2S. The number of hydrogen-bond donors (Lipinski definition) is 2. The van der Waals surface area contributed by atoms with Crippen LogP contribution in [0.5, 0.6) is 0 Å². The Hall–Kier alpha value is -0.660. The van der Waals surface area contributed by atoms with Gasteiger partial charge in [0.05, 0.1) is 10.2 Å². The zero-order chi connectivity index (χ0) is 14.5. The molecule has 0 heterocycles. The predicted molar refractivity (Wildman–Crippen MR) is 79.3 cm³/mol. The van der Waals surface area contributed by atoms with Crippen LogP contribution < -0.4 is 10.0 Å². The van der Waals surface area contributed by atoms with Crippen LogP contribution in [-0.4, -0.2) is 26.8 Å². The quantitative estimate of drug-likeness (QED) is 0.741. The Morgan fingerprint density at radius 3 is 2.63 bits per heavy atom. The smallest absolute Gasteiger partial charge is 0.232 e. The number of sulfonamides is 1. The lowest BCUT2D eigenvalue weighted by Gasteiger charge is -2.10. The minimum Gasteiger partial charge on any atom is -0.314 e. The van der Waals surface area contributed by atoms with Crippen molar-refractivity contribution in [1.29, 1.82) is 0 Å². The molecule has 0 atom stereocenters. The second-order valence-electron chi connectivity index (χ2n) is 4.51. The summed E-state index contributed by atoms with van der Waals surface area (Å²) in [5.41, 5.74) is 0.352. The average Bonchev–Trinajstić information content (AvgIpc) is 2.29. The van der Waals surface area contributed by atoms with E-state index in [1.165, 1.54) is 18.2 Å². The van der Waals surface area contributed by atoms with Crippen molar-refractivity contribution >= 4 is 31.6 Å². The molecular weight excluding hydrogens is 335 g/mol. The molecule has 0 fully saturated rings. The van der Waals surface area contributed by atoms with Gasteiger partial charge in [0.2, 0.25) is 10.0 Å². The molecule has 0 saturated heterocycles. The SMILES string of the molecule is CC(C)NCCCS(=O)(=O)Nc1ccc(F)c(Br)c1. The molecule has 0 spiro atoms. The third-order valence-corrected chi connectivity index (χ3v) is 4.32. The molecule has 19 heavy (non-hydrogen) atoms. The molecule has 0 unspecified atom stereocenters. The summed E-state index contributed by atoms with van der Waals surface area (Å²) < 4.78 is 39.3. The van der Waals surface area contributed by atoms with Gasteiger partial charge in [-0.3, -0.25) is 4.72 Å². The van der Waals surface area contributed by atoms with E-state index in [1.807, 2.05) is 13.8 Å². The molecule has 4 nitrogen and oxygen atoms in total. The van der Waals surface area contributed by atoms with Crippen LogP contribution in [0.3, 0.4) is 0 Å². The first-order valence-corrected chi connectivity index (χ1v) is 8.43. The molecule has 0 aliphatic carbocycles. The van der Waals surface area contributed by atoms with Gasteiger partial charge in [-0.15, -0.1) is 0 Å². The lowest BCUT2D eigenvalue weighted by atomic mass is 10.3. The van der Waals surface area contributed by atoms with Crippen molar-refractivity contribution in [2.75, 3.05) is 17.0 Å². The lowest BCUT2D eigenvalue weighted by molar-refractivity contribution is 0.571. The summed E-state index contributed by atoms with van der Waals surface area (Å²) in [6, 6.07) is 4.34. The van der Waals surface area contributed by atoms with E-state index in [-0.39, 0.29) is 10.2 Å². The fraction of sp³-hybridized carbons (Fsp3) is 0.500. The molecule has 108 valence electrons. The highest BCUT2D eigenvalue weighted by Crippen LogP contribution is 2.20. The monoisotopic (exact) mass is 352 g/mol. The molecule has 0 radical (unpaired) electrons. The standard InChI is InChI=1S/C12H18BrFN2O2S/c1-9(2)15-6-3-7-19(17,18)16-10-4-5-12(14)11(13)8-10/h4-5,8-9,15-16H,3,6-7H2,1-2H3. The van der Waals surface area contributed by atoms with Crippen LogP contribution in [0.15, 0.2) is 22.7 Å². The van der Waals surface area contributed by atoms with E-state index in [2.05, 4.69) is 26.0 Å². The van der Waals surface area contributed by atoms with Crippen molar-refractivity contribution in [3.05, 3.63) is 28.5 Å². The van der Waals surface area contributed by atoms with Crippen molar-refractivity contribution in [2.24, 2.45) is 0 Å². The van der Waals surface area contributed by atoms with Gasteiger partial charge in [0.15, 0.2) is 0 Å². The Labute approximate surface area is 122 Å². The summed E-state index contributed by atoms with van der Waals surface area (Å²) in [6.07, 6.45) is 0.524. The van der Waals surface area contributed by atoms with Gasteiger partial charge in [0.1, 0.15) is 5.82 Å². The maximum Gasteiger partial charge on any atom is 0.232 e. The molecule has 0 amide bonds. The van der Waals surface area contributed by atoms with Crippen LogP contribution in [0.25, 0.3) is 0 Å². The minimum atomic E-state index is -3.40. The molecule has 0 aliphatic rings. The maximum absolute atomic E-state index is 13.0. The average molecular weight is 353 g/mol. The van der Waals surface area contributed by atoms with Crippen LogP contribution in [0, 0.1) is 5.82 Å². The zero-order valence-corrected chi connectivity index (χ0v) is 13.3. The van der Waals surface area contributed by atoms with E-state index in [0.29, 0.717) is 24.7 Å². The first kappa shape index (κ1) is 16.4. The van der Waals surface area contributed by atoms with Crippen molar-refractivity contribution in [2.45, 2.75) is 26.3 Å². The number of halogens is 2. The summed E-state index contributed by atoms with van der Waals surface area (Å²) in [4.78, 5) is 0. The topological polar surface area (TPSA) is 58.2 Å². The first-order valence-electron chi connectivity index (χ1n) is 5.99. The highest BCUT2D eigenvalue weighted by Gasteiger charge is 2.11. The van der Waals surface area contributed by atoms with Gasteiger partial charge in [-0.05, 0) is 47.1 Å². The van der Waals surface area contributed by atoms with E-state index in [9.17, 15) is 12.8 Å². The van der Waals surface area contributed by atoms with Crippen molar-refractivity contribution < 1.29 is 12.8 Å². The number of benzene rings is 1. The highest BCUT2D eigenvalue weighted by molar-refractivity contribution is 9.10. The number of nitrogens with one attached hydrogen (secondary N) is 2. The number of hydrogen-bond acceptors (Lipinski definition) is 3. The Morgan fingerprint density at radius 1 is 1.37 bits per heavy atom. The molecule has 7 heteroatoms. The third kappa shape index (κ3) is 6.35. The summed E-state index contributed by atoms with van der Waals surface area (Å²) in [5.74, 6) is -0.397. The van der Waals surface area contributed by atoms with E-state index in [0.717, 1.165) is 0 Å². The van der Waals surface area contributed by atoms with Crippen LogP contribution in [0.1, 0.15) is 20.3 Å². The molecule has 0 bridgehead atoms. The molecule has 1 rings (SSSR count). The van der Waals surface area contributed by atoms with Gasteiger partial charge in [0, 0.05) is 11.7 Å². The fourth-order valence-corrected chi connectivity index (χ4v) is 2.93. The minimum absolute atomic E-state index is 0.0295. The predicted octanol–water partition coefficient (Wildman–Crippen LogP) is 2.72. The third-order valence-electron chi connectivity index (χ3n) is 2.34. The first-order chi connectivity index (χ1) is 8.80. The van der Waals surface area contributed by atoms with Crippen LogP contribution >= 0.6 is 15.9 Å². The second-order valence-corrected chi connectivity index (χ2v) is 7.21. The highest BCUT2D eigenvalue weighted by atomic mass is 79.9. The molecule has 1 aromatic rings. The molecule has 0 aliphatic heterocycles. The van der Waals surface area contributed by atoms with E-state index in [4.69, 9.17) is 0 Å². The summed E-state index contributed by atoms with van der Waals surface area (Å²) >= 11 is 3.01. The molecule has 0 saturated carbocycles. The summed E-state index contributed by atoms with van der Waals surface area (Å²) in [6.45, 7) is 4.65. The molecule has 0 aromatic heterocycles. The molecule has 1 aromatic carbocycles. The summed E-state index contributed by atoms with van der Waals surface area (Å²) in [7, 11) is -3.40. The number of anilines is 1. The number of rotatable bonds is 7. The fourth-order valence-electron chi connectivity index (χ4n) is 1.44.